The third-order valence-electron chi connectivity index (χ3n) is 2.85. The third-order valence-corrected chi connectivity index (χ3v) is 3.81. The van der Waals surface area contributed by atoms with E-state index in [2.05, 4.69) is 17.3 Å². The maximum atomic E-state index is 5.93. The molecule has 2 aromatic rings. The van der Waals surface area contributed by atoms with Crippen molar-refractivity contribution < 1.29 is 4.74 Å². The molecule has 0 aliphatic rings. The Morgan fingerprint density at radius 1 is 1.37 bits per heavy atom. The molecule has 0 aliphatic carbocycles. The van der Waals surface area contributed by atoms with Crippen LogP contribution in [0.2, 0.25) is 0 Å². The molecule has 4 heteroatoms. The Labute approximate surface area is 118 Å². The lowest BCUT2D eigenvalue weighted by atomic mass is 10.1. The maximum absolute atomic E-state index is 5.93. The highest BCUT2D eigenvalue weighted by Gasteiger charge is 2.08. The Balaban J connectivity index is 2.01. The van der Waals surface area contributed by atoms with E-state index in [1.165, 1.54) is 5.01 Å². The first-order chi connectivity index (χ1) is 9.20. The molecule has 2 rings (SSSR count). The Morgan fingerprint density at radius 2 is 2.16 bits per heavy atom. The summed E-state index contributed by atoms with van der Waals surface area (Å²) in [6, 6.07) is 7.88. The number of nitrogens with two attached hydrogens (primary N) is 1. The van der Waals surface area contributed by atoms with Crippen molar-refractivity contribution in [2.75, 3.05) is 0 Å². The molecule has 102 valence electrons. The number of hydrogen-bond donors (Lipinski definition) is 1. The number of rotatable bonds is 6. The molecule has 0 saturated heterocycles. The number of benzene rings is 1. The first-order valence-corrected chi connectivity index (χ1v) is 7.49. The summed E-state index contributed by atoms with van der Waals surface area (Å²) in [5.74, 6) is 0.850. The van der Waals surface area contributed by atoms with Crippen LogP contribution in [-0.2, 0) is 13.0 Å². The normalized spacial score (nSPS) is 12.4. The van der Waals surface area contributed by atoms with Gasteiger partial charge in [-0.25, -0.2) is 4.98 Å². The summed E-state index contributed by atoms with van der Waals surface area (Å²) < 4.78 is 5.84. The smallest absolute Gasteiger partial charge is 0.131 e. The van der Waals surface area contributed by atoms with Crippen molar-refractivity contribution in [3.8, 4) is 5.75 Å². The summed E-state index contributed by atoms with van der Waals surface area (Å²) in [5, 5.41) is 3.25. The van der Waals surface area contributed by atoms with E-state index in [4.69, 9.17) is 10.5 Å². The van der Waals surface area contributed by atoms with Gasteiger partial charge in [0, 0.05) is 17.0 Å². The second kappa shape index (κ2) is 6.68. The monoisotopic (exact) mass is 276 g/mol. The first-order valence-electron chi connectivity index (χ1n) is 6.61. The highest BCUT2D eigenvalue weighted by Crippen LogP contribution is 2.24. The van der Waals surface area contributed by atoms with Crippen molar-refractivity contribution in [1.82, 2.24) is 4.98 Å². The summed E-state index contributed by atoms with van der Waals surface area (Å²) in [6.07, 6.45) is 2.17. The van der Waals surface area contributed by atoms with Crippen LogP contribution < -0.4 is 10.5 Å². The summed E-state index contributed by atoms with van der Waals surface area (Å²) in [7, 11) is 0. The molecule has 19 heavy (non-hydrogen) atoms. The Hall–Kier alpha value is -1.39. The Bertz CT molecular complexity index is 522. The van der Waals surface area contributed by atoms with E-state index in [9.17, 15) is 0 Å². The zero-order valence-electron chi connectivity index (χ0n) is 11.4. The molecule has 0 spiro atoms. The van der Waals surface area contributed by atoms with Crippen molar-refractivity contribution >= 4 is 11.3 Å². The average Bonchev–Trinajstić information content (AvgIpc) is 2.85. The zero-order valence-corrected chi connectivity index (χ0v) is 12.2. The quantitative estimate of drug-likeness (QED) is 0.875. The second-order valence-corrected chi connectivity index (χ2v) is 5.54. The molecule has 1 aromatic heterocycles. The van der Waals surface area contributed by atoms with Crippen LogP contribution in [0.4, 0.5) is 0 Å². The highest BCUT2D eigenvalue weighted by atomic mass is 32.1. The minimum absolute atomic E-state index is 0.0257. The number of para-hydroxylation sites is 1. The third kappa shape index (κ3) is 3.78. The Kier molecular flexibility index (Phi) is 4.93. The molecule has 0 aliphatic heterocycles. The van der Waals surface area contributed by atoms with E-state index >= 15 is 0 Å². The van der Waals surface area contributed by atoms with Crippen LogP contribution in [0.1, 0.15) is 42.6 Å². The molecular formula is C15H20N2OS. The fraction of sp³-hybridized carbons (Fsp3) is 0.400. The molecule has 2 N–H and O–H groups in total. The fourth-order valence-corrected chi connectivity index (χ4v) is 2.77. The number of nitrogens with zero attached hydrogens (tertiary/aromatic N) is 1. The van der Waals surface area contributed by atoms with E-state index in [0.717, 1.165) is 29.8 Å². The minimum atomic E-state index is -0.0257. The van der Waals surface area contributed by atoms with E-state index in [1.54, 1.807) is 11.3 Å². The molecule has 3 nitrogen and oxygen atoms in total. The number of thiazole rings is 1. The topological polar surface area (TPSA) is 48.1 Å². The van der Waals surface area contributed by atoms with Gasteiger partial charge in [-0.1, -0.05) is 25.1 Å². The predicted octanol–water partition coefficient (Wildman–Crippen LogP) is 3.69. The van der Waals surface area contributed by atoms with Gasteiger partial charge in [0.15, 0.2) is 0 Å². The largest absolute Gasteiger partial charge is 0.487 e. The lowest BCUT2D eigenvalue weighted by Crippen LogP contribution is -2.08. The van der Waals surface area contributed by atoms with E-state index in [1.807, 2.05) is 31.2 Å². The van der Waals surface area contributed by atoms with Gasteiger partial charge in [0.2, 0.25) is 0 Å². The molecule has 0 amide bonds. The molecule has 1 atom stereocenters. The summed E-state index contributed by atoms with van der Waals surface area (Å²) in [6.45, 7) is 4.63. The number of ether oxygens (including phenoxy) is 1. The molecule has 0 bridgehead atoms. The van der Waals surface area contributed by atoms with Gasteiger partial charge in [-0.15, -0.1) is 11.3 Å². The first kappa shape index (κ1) is 14.0. The van der Waals surface area contributed by atoms with Gasteiger partial charge in [0.1, 0.15) is 12.4 Å². The molecule has 1 unspecified atom stereocenters. The van der Waals surface area contributed by atoms with Gasteiger partial charge in [-0.2, -0.15) is 0 Å². The Morgan fingerprint density at radius 3 is 2.89 bits per heavy atom. The van der Waals surface area contributed by atoms with Crippen LogP contribution in [0.5, 0.6) is 5.75 Å². The standard InChI is InChI=1S/C15H20N2OS/c1-3-6-15-17-12(10-19-15)9-18-14-8-5-4-7-13(14)11(2)16/h4-5,7-8,10-11H,3,6,9,16H2,1-2H3. The average molecular weight is 276 g/mol. The highest BCUT2D eigenvalue weighted by molar-refractivity contribution is 7.09. The van der Waals surface area contributed by atoms with Crippen LogP contribution in [0.25, 0.3) is 0 Å². The molecular weight excluding hydrogens is 256 g/mol. The van der Waals surface area contributed by atoms with Crippen LogP contribution in [0.3, 0.4) is 0 Å². The van der Waals surface area contributed by atoms with Crippen molar-refractivity contribution in [3.63, 3.8) is 0 Å². The predicted molar refractivity (Wildman–Crippen MR) is 79.5 cm³/mol. The summed E-state index contributed by atoms with van der Waals surface area (Å²) in [5.41, 5.74) is 7.96. The van der Waals surface area contributed by atoms with E-state index in [-0.39, 0.29) is 6.04 Å². The van der Waals surface area contributed by atoms with E-state index < -0.39 is 0 Å². The van der Waals surface area contributed by atoms with E-state index in [0.29, 0.717) is 6.61 Å². The van der Waals surface area contributed by atoms with Crippen molar-refractivity contribution in [1.29, 1.82) is 0 Å². The lowest BCUT2D eigenvalue weighted by molar-refractivity contribution is 0.297. The summed E-state index contributed by atoms with van der Waals surface area (Å²) in [4.78, 5) is 4.55. The number of hydrogen-bond acceptors (Lipinski definition) is 4. The van der Waals surface area contributed by atoms with Crippen LogP contribution in [-0.4, -0.2) is 4.98 Å². The van der Waals surface area contributed by atoms with Crippen molar-refractivity contribution in [2.45, 2.75) is 39.3 Å². The maximum Gasteiger partial charge on any atom is 0.131 e. The molecule has 0 saturated carbocycles. The van der Waals surface area contributed by atoms with Gasteiger partial charge < -0.3 is 10.5 Å². The second-order valence-electron chi connectivity index (χ2n) is 4.60. The van der Waals surface area contributed by atoms with Gasteiger partial charge in [0.05, 0.1) is 10.7 Å². The minimum Gasteiger partial charge on any atom is -0.487 e. The van der Waals surface area contributed by atoms with Crippen molar-refractivity contribution in [3.05, 3.63) is 45.9 Å². The number of aromatic nitrogens is 1. The molecule has 1 heterocycles. The molecule has 0 fully saturated rings. The van der Waals surface area contributed by atoms with Crippen LogP contribution in [0.15, 0.2) is 29.6 Å². The zero-order chi connectivity index (χ0) is 13.7. The van der Waals surface area contributed by atoms with Gasteiger partial charge >= 0.3 is 0 Å². The van der Waals surface area contributed by atoms with Crippen molar-refractivity contribution in [2.24, 2.45) is 5.73 Å². The summed E-state index contributed by atoms with van der Waals surface area (Å²) >= 11 is 1.70. The van der Waals surface area contributed by atoms with Gasteiger partial charge in [-0.05, 0) is 25.8 Å². The molecule has 0 radical (unpaired) electrons. The fourth-order valence-electron chi connectivity index (χ4n) is 1.88. The van der Waals surface area contributed by atoms with Gasteiger partial charge in [0.25, 0.3) is 0 Å². The van der Waals surface area contributed by atoms with Crippen LogP contribution in [0, 0.1) is 0 Å². The SMILES string of the molecule is CCCc1nc(COc2ccccc2C(C)N)cs1. The molecule has 1 aromatic carbocycles. The van der Waals surface area contributed by atoms with Crippen LogP contribution >= 0.6 is 11.3 Å². The van der Waals surface area contributed by atoms with Gasteiger partial charge in [-0.3, -0.25) is 0 Å². The lowest BCUT2D eigenvalue weighted by Gasteiger charge is -2.12. The number of aryl methyl sites for hydroxylation is 1.